The van der Waals surface area contributed by atoms with Crippen molar-refractivity contribution < 1.29 is 9.47 Å². The lowest BCUT2D eigenvalue weighted by Crippen LogP contribution is -2.43. The van der Waals surface area contributed by atoms with Crippen LogP contribution in [0, 0.1) is 0 Å². The van der Waals surface area contributed by atoms with Gasteiger partial charge in [0.1, 0.15) is 6.10 Å². The SMILES string of the molecule is CCNC1CCCCCCC1Oc1ccccc1OC. The second kappa shape index (κ2) is 8.15. The van der Waals surface area contributed by atoms with Gasteiger partial charge in [0.15, 0.2) is 11.5 Å². The molecular weight excluding hydrogens is 250 g/mol. The van der Waals surface area contributed by atoms with E-state index >= 15 is 0 Å². The first-order valence-electron chi connectivity index (χ1n) is 7.88. The van der Waals surface area contributed by atoms with E-state index < -0.39 is 0 Å². The number of methoxy groups -OCH3 is 1. The lowest BCUT2D eigenvalue weighted by atomic mass is 9.94. The minimum absolute atomic E-state index is 0.242. The van der Waals surface area contributed by atoms with E-state index in [1.807, 2.05) is 24.3 Å². The smallest absolute Gasteiger partial charge is 0.161 e. The summed E-state index contributed by atoms with van der Waals surface area (Å²) in [6.45, 7) is 3.16. The van der Waals surface area contributed by atoms with Crippen molar-refractivity contribution in [1.29, 1.82) is 0 Å². The fraction of sp³-hybridized carbons (Fsp3) is 0.647. The van der Waals surface area contributed by atoms with Crippen LogP contribution in [-0.4, -0.2) is 25.8 Å². The number of nitrogens with one attached hydrogen (secondary N) is 1. The number of rotatable bonds is 5. The maximum absolute atomic E-state index is 6.29. The molecule has 1 N–H and O–H groups in total. The van der Waals surface area contributed by atoms with Crippen molar-refractivity contribution in [1.82, 2.24) is 5.32 Å². The highest BCUT2D eigenvalue weighted by Gasteiger charge is 2.24. The molecule has 0 aliphatic heterocycles. The lowest BCUT2D eigenvalue weighted by Gasteiger charge is -2.30. The van der Waals surface area contributed by atoms with Gasteiger partial charge in [-0.15, -0.1) is 0 Å². The molecule has 0 heterocycles. The van der Waals surface area contributed by atoms with Gasteiger partial charge in [0, 0.05) is 6.04 Å². The molecule has 0 bridgehead atoms. The normalized spacial score (nSPS) is 23.7. The standard InChI is InChI=1S/C17H27NO2/c1-3-18-14-10-6-4-5-7-11-15(14)20-17-13-9-8-12-16(17)19-2/h8-9,12-15,18H,3-7,10-11H2,1-2H3. The molecule has 20 heavy (non-hydrogen) atoms. The van der Waals surface area contributed by atoms with Gasteiger partial charge >= 0.3 is 0 Å². The van der Waals surface area contributed by atoms with Gasteiger partial charge in [0.05, 0.1) is 7.11 Å². The molecule has 0 spiro atoms. The van der Waals surface area contributed by atoms with Crippen LogP contribution in [0.1, 0.15) is 45.4 Å². The zero-order valence-corrected chi connectivity index (χ0v) is 12.7. The quantitative estimate of drug-likeness (QED) is 0.888. The maximum atomic E-state index is 6.29. The average Bonchev–Trinajstić information content (AvgIpc) is 2.46. The Kier molecular flexibility index (Phi) is 6.19. The van der Waals surface area contributed by atoms with E-state index in [-0.39, 0.29) is 6.10 Å². The van der Waals surface area contributed by atoms with E-state index in [0.717, 1.165) is 24.5 Å². The Bertz CT molecular complexity index is 394. The number of hydrogen-bond donors (Lipinski definition) is 1. The molecule has 0 saturated heterocycles. The van der Waals surface area contributed by atoms with E-state index in [2.05, 4.69) is 12.2 Å². The molecule has 2 unspecified atom stereocenters. The van der Waals surface area contributed by atoms with Crippen LogP contribution < -0.4 is 14.8 Å². The molecule has 3 nitrogen and oxygen atoms in total. The molecule has 112 valence electrons. The van der Waals surface area contributed by atoms with E-state index in [1.165, 1.54) is 32.1 Å². The van der Waals surface area contributed by atoms with Crippen LogP contribution in [0.2, 0.25) is 0 Å². The summed E-state index contributed by atoms with van der Waals surface area (Å²) in [5, 5.41) is 3.59. The molecule has 0 amide bonds. The van der Waals surface area contributed by atoms with E-state index in [9.17, 15) is 0 Å². The molecule has 1 aromatic rings. The Morgan fingerprint density at radius 1 is 1.05 bits per heavy atom. The Balaban J connectivity index is 2.09. The number of para-hydroxylation sites is 2. The first-order chi connectivity index (χ1) is 9.85. The van der Waals surface area contributed by atoms with Crippen LogP contribution in [-0.2, 0) is 0 Å². The molecule has 1 aliphatic rings. The maximum Gasteiger partial charge on any atom is 0.161 e. The Morgan fingerprint density at radius 3 is 2.45 bits per heavy atom. The van der Waals surface area contributed by atoms with Crippen LogP contribution in [0.25, 0.3) is 0 Å². The van der Waals surface area contributed by atoms with Gasteiger partial charge in [-0.1, -0.05) is 38.3 Å². The minimum Gasteiger partial charge on any atom is -0.493 e. The predicted molar refractivity (Wildman–Crippen MR) is 82.6 cm³/mol. The molecular formula is C17H27NO2. The van der Waals surface area contributed by atoms with Gasteiger partial charge in [-0.05, 0) is 37.9 Å². The first-order valence-corrected chi connectivity index (χ1v) is 7.88. The van der Waals surface area contributed by atoms with Gasteiger partial charge in [-0.25, -0.2) is 0 Å². The first kappa shape index (κ1) is 15.2. The Hall–Kier alpha value is -1.22. The zero-order chi connectivity index (χ0) is 14.2. The van der Waals surface area contributed by atoms with Gasteiger partial charge in [0.2, 0.25) is 0 Å². The average molecular weight is 277 g/mol. The molecule has 1 saturated carbocycles. The van der Waals surface area contributed by atoms with E-state index in [0.29, 0.717) is 6.04 Å². The summed E-state index contributed by atoms with van der Waals surface area (Å²) in [4.78, 5) is 0. The highest BCUT2D eigenvalue weighted by molar-refractivity contribution is 5.39. The second-order valence-corrected chi connectivity index (χ2v) is 5.46. The van der Waals surface area contributed by atoms with Gasteiger partial charge < -0.3 is 14.8 Å². The van der Waals surface area contributed by atoms with Crippen molar-refractivity contribution in [3.63, 3.8) is 0 Å². The number of benzene rings is 1. The molecule has 2 rings (SSSR count). The van der Waals surface area contributed by atoms with Crippen LogP contribution in [0.5, 0.6) is 11.5 Å². The highest BCUT2D eigenvalue weighted by Crippen LogP contribution is 2.30. The van der Waals surface area contributed by atoms with Crippen LogP contribution in [0.3, 0.4) is 0 Å². The van der Waals surface area contributed by atoms with Crippen LogP contribution in [0.15, 0.2) is 24.3 Å². The number of hydrogen-bond acceptors (Lipinski definition) is 3. The summed E-state index contributed by atoms with van der Waals surface area (Å²) in [6, 6.07) is 8.39. The summed E-state index contributed by atoms with van der Waals surface area (Å²) in [7, 11) is 1.70. The van der Waals surface area contributed by atoms with Gasteiger partial charge in [0.25, 0.3) is 0 Å². The Morgan fingerprint density at radius 2 is 1.75 bits per heavy atom. The third kappa shape index (κ3) is 4.14. The number of ether oxygens (including phenoxy) is 2. The van der Waals surface area contributed by atoms with Crippen molar-refractivity contribution in [2.75, 3.05) is 13.7 Å². The molecule has 1 fully saturated rings. The topological polar surface area (TPSA) is 30.5 Å². The summed E-state index contributed by atoms with van der Waals surface area (Å²) in [5.41, 5.74) is 0. The fourth-order valence-electron chi connectivity index (χ4n) is 2.97. The fourth-order valence-corrected chi connectivity index (χ4v) is 2.97. The third-order valence-corrected chi connectivity index (χ3v) is 4.02. The minimum atomic E-state index is 0.242. The second-order valence-electron chi connectivity index (χ2n) is 5.46. The van der Waals surface area contributed by atoms with Crippen LogP contribution >= 0.6 is 0 Å². The Labute approximate surface area is 122 Å². The van der Waals surface area contributed by atoms with E-state index in [4.69, 9.17) is 9.47 Å². The summed E-state index contributed by atoms with van der Waals surface area (Å²) in [5.74, 6) is 1.69. The highest BCUT2D eigenvalue weighted by atomic mass is 16.5. The summed E-state index contributed by atoms with van der Waals surface area (Å²) < 4.78 is 11.7. The van der Waals surface area contributed by atoms with E-state index in [1.54, 1.807) is 7.11 Å². The molecule has 0 radical (unpaired) electrons. The van der Waals surface area contributed by atoms with Crippen LogP contribution in [0.4, 0.5) is 0 Å². The van der Waals surface area contributed by atoms with Crippen molar-refractivity contribution in [2.45, 2.75) is 57.6 Å². The summed E-state index contributed by atoms with van der Waals surface area (Å²) in [6.07, 6.45) is 7.79. The van der Waals surface area contributed by atoms with Crippen molar-refractivity contribution in [3.05, 3.63) is 24.3 Å². The molecule has 1 aromatic carbocycles. The molecule has 3 heteroatoms. The number of likely N-dealkylation sites (N-methyl/N-ethyl adjacent to an activating group) is 1. The zero-order valence-electron chi connectivity index (χ0n) is 12.7. The van der Waals surface area contributed by atoms with Crippen molar-refractivity contribution in [2.24, 2.45) is 0 Å². The molecule has 1 aliphatic carbocycles. The van der Waals surface area contributed by atoms with Crippen molar-refractivity contribution in [3.8, 4) is 11.5 Å². The third-order valence-electron chi connectivity index (χ3n) is 4.02. The predicted octanol–water partition coefficient (Wildman–Crippen LogP) is 3.77. The van der Waals surface area contributed by atoms with Crippen molar-refractivity contribution >= 4 is 0 Å². The molecule has 2 atom stereocenters. The lowest BCUT2D eigenvalue weighted by molar-refractivity contribution is 0.124. The monoisotopic (exact) mass is 277 g/mol. The van der Waals surface area contributed by atoms with Gasteiger partial charge in [-0.3, -0.25) is 0 Å². The largest absolute Gasteiger partial charge is 0.493 e. The van der Waals surface area contributed by atoms with Gasteiger partial charge in [-0.2, -0.15) is 0 Å². The molecule has 0 aromatic heterocycles. The summed E-state index contributed by atoms with van der Waals surface area (Å²) >= 11 is 0.